The summed E-state index contributed by atoms with van der Waals surface area (Å²) in [5.74, 6) is 12.7. The van der Waals surface area contributed by atoms with Gasteiger partial charge in [0.25, 0.3) is 0 Å². The van der Waals surface area contributed by atoms with Crippen LogP contribution in [0.5, 0.6) is 0 Å². The average Bonchev–Trinajstić information content (AvgIpc) is 2.88. The fourth-order valence-corrected chi connectivity index (χ4v) is 3.32. The predicted molar refractivity (Wildman–Crippen MR) is 140 cm³/mol. The number of hydrogen-bond donors (Lipinski definition) is 1. The Morgan fingerprint density at radius 2 is 1.21 bits per heavy atom. The van der Waals surface area contributed by atoms with E-state index in [-0.39, 0.29) is 6.03 Å². The topological polar surface area (TPSA) is 32.3 Å². The van der Waals surface area contributed by atoms with Crippen LogP contribution in [0.2, 0.25) is 0 Å². The summed E-state index contributed by atoms with van der Waals surface area (Å²) in [7, 11) is 1.74. The van der Waals surface area contributed by atoms with Crippen LogP contribution >= 0.6 is 0 Å². The van der Waals surface area contributed by atoms with E-state index in [9.17, 15) is 4.79 Å². The van der Waals surface area contributed by atoms with E-state index in [1.807, 2.05) is 110 Å². The fourth-order valence-electron chi connectivity index (χ4n) is 3.32. The summed E-state index contributed by atoms with van der Waals surface area (Å²) in [6.07, 6.45) is 0. The van der Waals surface area contributed by atoms with Gasteiger partial charge in [-0.2, -0.15) is 0 Å². The van der Waals surface area contributed by atoms with Crippen molar-refractivity contribution in [2.75, 3.05) is 17.3 Å². The maximum absolute atomic E-state index is 13.1. The Hall–Kier alpha value is -4.73. The predicted octanol–water partition coefficient (Wildman–Crippen LogP) is 6.46. The Morgan fingerprint density at radius 1 is 0.647 bits per heavy atom. The van der Waals surface area contributed by atoms with Gasteiger partial charge in [0.15, 0.2) is 0 Å². The molecule has 3 heteroatoms. The van der Waals surface area contributed by atoms with Gasteiger partial charge in [-0.3, -0.25) is 4.90 Å². The number of amides is 2. The van der Waals surface area contributed by atoms with Crippen LogP contribution in [0.4, 0.5) is 16.2 Å². The molecule has 1 N–H and O–H groups in total. The van der Waals surface area contributed by atoms with Gasteiger partial charge >= 0.3 is 6.03 Å². The van der Waals surface area contributed by atoms with E-state index in [0.717, 1.165) is 27.9 Å². The minimum atomic E-state index is -0.265. The summed E-state index contributed by atoms with van der Waals surface area (Å²) in [6, 6.07) is 32.7. The molecule has 0 heterocycles. The van der Waals surface area contributed by atoms with Crippen molar-refractivity contribution >= 4 is 17.4 Å². The third kappa shape index (κ3) is 5.74. The van der Waals surface area contributed by atoms with Crippen LogP contribution in [-0.4, -0.2) is 13.1 Å². The van der Waals surface area contributed by atoms with Gasteiger partial charge in [0.2, 0.25) is 0 Å². The number of urea groups is 1. The van der Waals surface area contributed by atoms with E-state index in [4.69, 9.17) is 0 Å². The second-order valence-corrected chi connectivity index (χ2v) is 7.78. The molecule has 0 aliphatic rings. The molecule has 0 atom stereocenters. The summed E-state index contributed by atoms with van der Waals surface area (Å²) < 4.78 is 0. The van der Waals surface area contributed by atoms with E-state index in [0.29, 0.717) is 5.69 Å². The highest BCUT2D eigenvalue weighted by Crippen LogP contribution is 2.21. The third-order valence-corrected chi connectivity index (χ3v) is 5.25. The number of benzene rings is 4. The van der Waals surface area contributed by atoms with Crippen LogP contribution in [0.1, 0.15) is 27.8 Å². The monoisotopic (exact) mass is 440 g/mol. The van der Waals surface area contributed by atoms with Crippen molar-refractivity contribution in [3.8, 4) is 23.7 Å². The first-order chi connectivity index (χ1) is 16.6. The summed E-state index contributed by atoms with van der Waals surface area (Å²) in [6.45, 7) is 2.05. The summed E-state index contributed by atoms with van der Waals surface area (Å²) >= 11 is 0. The van der Waals surface area contributed by atoms with E-state index < -0.39 is 0 Å². The Labute approximate surface area is 201 Å². The largest absolute Gasteiger partial charge is 0.326 e. The van der Waals surface area contributed by atoms with Crippen molar-refractivity contribution in [3.05, 3.63) is 131 Å². The van der Waals surface area contributed by atoms with Crippen molar-refractivity contribution in [1.82, 2.24) is 0 Å². The Kier molecular flexibility index (Phi) is 7.09. The number of nitrogens with zero attached hydrogens (tertiary/aromatic N) is 1. The lowest BCUT2D eigenvalue weighted by atomic mass is 10.1. The summed E-state index contributed by atoms with van der Waals surface area (Å²) in [4.78, 5) is 14.7. The highest BCUT2D eigenvalue weighted by molar-refractivity contribution is 6.02. The SMILES string of the molecule is Cc1ccc(C#Cc2ccccc2N(C)C(=O)Nc2ccccc2C#Cc2ccccc2)cc1. The zero-order valence-corrected chi connectivity index (χ0v) is 19.2. The van der Waals surface area contributed by atoms with Crippen molar-refractivity contribution in [3.63, 3.8) is 0 Å². The molecule has 4 aromatic carbocycles. The number of nitrogens with one attached hydrogen (secondary N) is 1. The lowest BCUT2D eigenvalue weighted by Crippen LogP contribution is -2.32. The molecule has 0 saturated heterocycles. The quantitative estimate of drug-likeness (QED) is 0.356. The highest BCUT2D eigenvalue weighted by Gasteiger charge is 2.15. The van der Waals surface area contributed by atoms with Crippen LogP contribution in [0.25, 0.3) is 0 Å². The van der Waals surface area contributed by atoms with Gasteiger partial charge in [-0.25, -0.2) is 4.79 Å². The van der Waals surface area contributed by atoms with Gasteiger partial charge in [-0.1, -0.05) is 83.8 Å². The second-order valence-electron chi connectivity index (χ2n) is 7.78. The minimum absolute atomic E-state index is 0.265. The van der Waals surface area contributed by atoms with E-state index >= 15 is 0 Å². The number of hydrogen-bond acceptors (Lipinski definition) is 1. The summed E-state index contributed by atoms with van der Waals surface area (Å²) in [5.41, 5.74) is 5.95. The number of carbonyl (C=O) groups excluding carboxylic acids is 1. The number of carbonyl (C=O) groups is 1. The molecular formula is C31H24N2O. The molecular weight excluding hydrogens is 416 g/mol. The molecule has 3 nitrogen and oxygen atoms in total. The molecule has 0 spiro atoms. The normalized spacial score (nSPS) is 9.71. The van der Waals surface area contributed by atoms with Gasteiger partial charge in [0.1, 0.15) is 0 Å². The molecule has 34 heavy (non-hydrogen) atoms. The average molecular weight is 441 g/mol. The Bertz CT molecular complexity index is 1420. The molecule has 2 amide bonds. The Morgan fingerprint density at radius 3 is 1.94 bits per heavy atom. The molecule has 0 radical (unpaired) electrons. The van der Waals surface area contributed by atoms with Crippen molar-refractivity contribution < 1.29 is 4.79 Å². The molecule has 0 bridgehead atoms. The molecule has 0 saturated carbocycles. The highest BCUT2D eigenvalue weighted by atomic mass is 16.2. The molecule has 0 aliphatic heterocycles. The van der Waals surface area contributed by atoms with Crippen LogP contribution in [0.3, 0.4) is 0 Å². The molecule has 164 valence electrons. The van der Waals surface area contributed by atoms with Gasteiger partial charge in [0.05, 0.1) is 11.4 Å². The van der Waals surface area contributed by atoms with E-state index in [2.05, 4.69) is 29.0 Å². The zero-order valence-electron chi connectivity index (χ0n) is 19.2. The van der Waals surface area contributed by atoms with E-state index in [1.54, 1.807) is 11.9 Å². The van der Waals surface area contributed by atoms with Crippen LogP contribution in [0, 0.1) is 30.6 Å². The first kappa shape index (κ1) is 22.5. The van der Waals surface area contributed by atoms with Crippen LogP contribution in [0.15, 0.2) is 103 Å². The summed E-state index contributed by atoms with van der Waals surface area (Å²) in [5, 5.41) is 2.99. The number of anilines is 2. The molecule has 0 aromatic heterocycles. The molecule has 0 unspecified atom stereocenters. The molecule has 0 aliphatic carbocycles. The smallest absolute Gasteiger partial charge is 0.306 e. The van der Waals surface area contributed by atoms with Crippen LogP contribution < -0.4 is 10.2 Å². The minimum Gasteiger partial charge on any atom is -0.306 e. The Balaban J connectivity index is 1.55. The number of rotatable bonds is 2. The molecule has 0 fully saturated rings. The lowest BCUT2D eigenvalue weighted by Gasteiger charge is -2.20. The van der Waals surface area contributed by atoms with E-state index in [1.165, 1.54) is 5.56 Å². The number of para-hydroxylation sites is 2. The first-order valence-electron chi connectivity index (χ1n) is 11.0. The maximum atomic E-state index is 13.1. The van der Waals surface area contributed by atoms with Gasteiger partial charge in [-0.05, 0) is 55.5 Å². The standard InChI is InChI=1S/C31H24N2O/c1-24-16-18-26(19-17-24)21-23-28-13-7-9-15-30(28)33(2)31(34)32-29-14-8-6-12-27(29)22-20-25-10-4-3-5-11-25/h3-19H,1-2H3,(H,32,34). The third-order valence-electron chi connectivity index (χ3n) is 5.25. The van der Waals surface area contributed by atoms with Crippen LogP contribution in [-0.2, 0) is 0 Å². The van der Waals surface area contributed by atoms with Crippen molar-refractivity contribution in [2.24, 2.45) is 0 Å². The lowest BCUT2D eigenvalue weighted by molar-refractivity contribution is 0.258. The molecule has 4 rings (SSSR count). The van der Waals surface area contributed by atoms with Gasteiger partial charge < -0.3 is 5.32 Å². The second kappa shape index (κ2) is 10.7. The maximum Gasteiger partial charge on any atom is 0.326 e. The van der Waals surface area contributed by atoms with Gasteiger partial charge in [-0.15, -0.1) is 0 Å². The first-order valence-corrected chi connectivity index (χ1v) is 11.0. The zero-order chi connectivity index (χ0) is 23.8. The fraction of sp³-hybridized carbons (Fsp3) is 0.0645. The molecule has 4 aromatic rings. The van der Waals surface area contributed by atoms with Crippen molar-refractivity contribution in [2.45, 2.75) is 6.92 Å². The van der Waals surface area contributed by atoms with Crippen molar-refractivity contribution in [1.29, 1.82) is 0 Å². The number of aryl methyl sites for hydroxylation is 1. The van der Waals surface area contributed by atoms with Gasteiger partial charge in [0, 0.05) is 29.3 Å².